The maximum atomic E-state index is 6.53. The van der Waals surface area contributed by atoms with Gasteiger partial charge >= 0.3 is 0 Å². The minimum atomic E-state index is 0.669. The molecule has 7 aromatic rings. The number of allylic oxidation sites excluding steroid dienone is 9. The SMILES string of the molecule is C1=CCCC(c2ccc(-c3nc(C4=CCCC=C4)nc(C4=CCCc5oc6ccc(-c7cccc8c7oc7ccccc78)cc6c54)n3)cc2)=C1. The van der Waals surface area contributed by atoms with Gasteiger partial charge in [0.25, 0.3) is 0 Å². The smallest absolute Gasteiger partial charge is 0.164 e. The summed E-state index contributed by atoms with van der Waals surface area (Å²) in [6.07, 6.45) is 21.2. The molecular formula is C45H33N3O2. The van der Waals surface area contributed by atoms with Crippen molar-refractivity contribution >= 4 is 49.6 Å². The number of aromatic nitrogens is 3. The van der Waals surface area contributed by atoms with Crippen molar-refractivity contribution in [2.75, 3.05) is 0 Å². The Labute approximate surface area is 289 Å². The number of rotatable bonds is 5. The average molecular weight is 648 g/mol. The van der Waals surface area contributed by atoms with Crippen LogP contribution in [0.15, 0.2) is 136 Å². The third-order valence-electron chi connectivity index (χ3n) is 10.1. The monoisotopic (exact) mass is 647 g/mol. The Morgan fingerprint density at radius 1 is 0.560 bits per heavy atom. The second kappa shape index (κ2) is 11.8. The molecule has 3 heterocycles. The number of nitrogens with zero attached hydrogens (tertiary/aromatic N) is 3. The molecule has 0 saturated carbocycles. The molecule has 0 aliphatic heterocycles. The van der Waals surface area contributed by atoms with Gasteiger partial charge in [-0.2, -0.15) is 0 Å². The van der Waals surface area contributed by atoms with E-state index in [1.165, 1.54) is 11.1 Å². The first-order valence-corrected chi connectivity index (χ1v) is 17.5. The zero-order valence-corrected chi connectivity index (χ0v) is 27.5. The van der Waals surface area contributed by atoms with Crippen LogP contribution in [0.3, 0.4) is 0 Å². The molecule has 0 atom stereocenters. The van der Waals surface area contributed by atoms with E-state index in [1.807, 2.05) is 12.1 Å². The van der Waals surface area contributed by atoms with Gasteiger partial charge in [0, 0.05) is 50.4 Å². The molecule has 0 saturated heterocycles. The Kier molecular flexibility index (Phi) is 6.83. The second-order valence-corrected chi connectivity index (χ2v) is 13.2. The Morgan fingerprint density at radius 2 is 1.38 bits per heavy atom. The minimum absolute atomic E-state index is 0.669. The third-order valence-corrected chi connectivity index (χ3v) is 10.1. The number of hydrogen-bond acceptors (Lipinski definition) is 5. The summed E-state index contributed by atoms with van der Waals surface area (Å²) in [7, 11) is 0. The van der Waals surface area contributed by atoms with Gasteiger partial charge in [-0.1, -0.05) is 109 Å². The van der Waals surface area contributed by atoms with Gasteiger partial charge in [-0.05, 0) is 67.0 Å². The molecule has 50 heavy (non-hydrogen) atoms. The molecule has 0 amide bonds. The van der Waals surface area contributed by atoms with E-state index in [-0.39, 0.29) is 0 Å². The van der Waals surface area contributed by atoms with Crippen LogP contribution in [0, 0.1) is 0 Å². The predicted molar refractivity (Wildman–Crippen MR) is 202 cm³/mol. The summed E-state index contributed by atoms with van der Waals surface area (Å²) in [5.74, 6) is 3.01. The molecule has 0 spiro atoms. The average Bonchev–Trinajstić information content (AvgIpc) is 3.77. The third kappa shape index (κ3) is 4.88. The van der Waals surface area contributed by atoms with Crippen LogP contribution in [0.25, 0.3) is 72.1 Å². The number of para-hydroxylation sites is 2. The van der Waals surface area contributed by atoms with Crippen LogP contribution < -0.4 is 0 Å². The van der Waals surface area contributed by atoms with Gasteiger partial charge in [0.05, 0.1) is 0 Å². The van der Waals surface area contributed by atoms with Gasteiger partial charge in [0.1, 0.15) is 22.5 Å². The summed E-state index contributed by atoms with van der Waals surface area (Å²) in [5, 5.41) is 3.29. The Balaban J connectivity index is 1.11. The standard InChI is InChI=1S/C45H33N3O2/c1-3-11-28(12-4-1)29-21-23-31(24-22-29)44-46-43(30-13-5-2-6-14-30)47-45(48-44)36-18-10-20-40-41(36)37-27-32(25-26-39(37)49-40)33-16-9-17-35-34-15-7-8-19-38(34)50-42(33)35/h1,3,5,7-9,11,13-19,21-27H,2,4,6,10,12,20H2. The highest BCUT2D eigenvalue weighted by Gasteiger charge is 2.26. The summed E-state index contributed by atoms with van der Waals surface area (Å²) < 4.78 is 13.0. The lowest BCUT2D eigenvalue weighted by Crippen LogP contribution is -2.08. The maximum absolute atomic E-state index is 6.53. The molecule has 0 N–H and O–H groups in total. The molecule has 5 heteroatoms. The zero-order chi connectivity index (χ0) is 33.0. The van der Waals surface area contributed by atoms with Crippen molar-refractivity contribution in [1.82, 2.24) is 15.0 Å². The Hall–Kier alpha value is -6.07. The Bertz CT molecular complexity index is 2640. The number of aryl methyl sites for hydroxylation is 1. The topological polar surface area (TPSA) is 65.0 Å². The summed E-state index contributed by atoms with van der Waals surface area (Å²) in [6.45, 7) is 0. The fourth-order valence-corrected chi connectivity index (χ4v) is 7.62. The first-order chi connectivity index (χ1) is 24.8. The van der Waals surface area contributed by atoms with E-state index < -0.39 is 0 Å². The number of benzene rings is 4. The highest BCUT2D eigenvalue weighted by Crippen LogP contribution is 2.42. The van der Waals surface area contributed by atoms with E-state index in [2.05, 4.69) is 115 Å². The van der Waals surface area contributed by atoms with Gasteiger partial charge < -0.3 is 8.83 Å². The van der Waals surface area contributed by atoms with Crippen LogP contribution >= 0.6 is 0 Å². The minimum Gasteiger partial charge on any atom is -0.460 e. The van der Waals surface area contributed by atoms with Crippen molar-refractivity contribution in [2.45, 2.75) is 38.5 Å². The van der Waals surface area contributed by atoms with Crippen molar-refractivity contribution in [3.05, 3.63) is 156 Å². The molecule has 3 aromatic heterocycles. The van der Waals surface area contributed by atoms with Gasteiger partial charge in [-0.15, -0.1) is 0 Å². The molecule has 240 valence electrons. The van der Waals surface area contributed by atoms with Gasteiger partial charge in [-0.3, -0.25) is 0 Å². The van der Waals surface area contributed by atoms with Crippen LogP contribution in [0.2, 0.25) is 0 Å². The van der Waals surface area contributed by atoms with Crippen molar-refractivity contribution < 1.29 is 8.83 Å². The molecule has 4 aromatic carbocycles. The first-order valence-electron chi connectivity index (χ1n) is 17.5. The summed E-state index contributed by atoms with van der Waals surface area (Å²) >= 11 is 0. The lowest BCUT2D eigenvalue weighted by Gasteiger charge is -2.15. The molecule has 3 aliphatic carbocycles. The normalized spacial score (nSPS) is 15.7. The lowest BCUT2D eigenvalue weighted by atomic mass is 9.92. The molecule has 3 aliphatic rings. The van der Waals surface area contributed by atoms with E-state index in [4.69, 9.17) is 23.8 Å². The second-order valence-electron chi connectivity index (χ2n) is 13.2. The van der Waals surface area contributed by atoms with Crippen molar-refractivity contribution in [2.24, 2.45) is 0 Å². The largest absolute Gasteiger partial charge is 0.460 e. The number of fused-ring (bicyclic) bond motifs is 6. The highest BCUT2D eigenvalue weighted by atomic mass is 16.3. The van der Waals surface area contributed by atoms with Crippen LogP contribution in [-0.2, 0) is 6.42 Å². The maximum Gasteiger partial charge on any atom is 0.164 e. The van der Waals surface area contributed by atoms with Crippen molar-refractivity contribution in [3.63, 3.8) is 0 Å². The van der Waals surface area contributed by atoms with Crippen LogP contribution in [0.5, 0.6) is 0 Å². The number of furan rings is 2. The van der Waals surface area contributed by atoms with E-state index in [1.54, 1.807) is 0 Å². The van der Waals surface area contributed by atoms with Crippen LogP contribution in [0.4, 0.5) is 0 Å². The van der Waals surface area contributed by atoms with E-state index in [0.29, 0.717) is 17.5 Å². The molecule has 0 bridgehead atoms. The lowest BCUT2D eigenvalue weighted by molar-refractivity contribution is 0.545. The molecule has 0 radical (unpaired) electrons. The fraction of sp³-hybridized carbons (Fsp3) is 0.133. The zero-order valence-electron chi connectivity index (χ0n) is 27.5. The molecule has 0 fully saturated rings. The van der Waals surface area contributed by atoms with Crippen LogP contribution in [0.1, 0.15) is 60.6 Å². The number of hydrogen-bond donors (Lipinski definition) is 0. The van der Waals surface area contributed by atoms with E-state index in [9.17, 15) is 0 Å². The molecule has 0 unspecified atom stereocenters. The van der Waals surface area contributed by atoms with E-state index in [0.717, 1.165) is 111 Å². The predicted octanol–water partition coefficient (Wildman–Crippen LogP) is 11.7. The summed E-state index contributed by atoms with van der Waals surface area (Å²) in [4.78, 5) is 15.4. The molecule has 5 nitrogen and oxygen atoms in total. The van der Waals surface area contributed by atoms with E-state index >= 15 is 0 Å². The fourth-order valence-electron chi connectivity index (χ4n) is 7.62. The summed E-state index contributed by atoms with van der Waals surface area (Å²) in [6, 6.07) is 29.7. The Morgan fingerprint density at radius 3 is 2.26 bits per heavy atom. The van der Waals surface area contributed by atoms with Crippen molar-refractivity contribution in [3.8, 4) is 22.5 Å². The summed E-state index contributed by atoms with van der Waals surface area (Å²) in [5.41, 5.74) is 11.4. The highest BCUT2D eigenvalue weighted by molar-refractivity contribution is 6.10. The molecular weight excluding hydrogens is 615 g/mol. The van der Waals surface area contributed by atoms with Gasteiger partial charge in [0.15, 0.2) is 17.5 Å². The van der Waals surface area contributed by atoms with Crippen molar-refractivity contribution in [1.29, 1.82) is 0 Å². The van der Waals surface area contributed by atoms with Crippen LogP contribution in [-0.4, -0.2) is 15.0 Å². The quantitative estimate of drug-likeness (QED) is 0.186. The molecule has 10 rings (SSSR count). The van der Waals surface area contributed by atoms with Gasteiger partial charge in [0.2, 0.25) is 0 Å². The van der Waals surface area contributed by atoms with Gasteiger partial charge in [-0.25, -0.2) is 15.0 Å². The first kappa shape index (κ1) is 28.9.